The molecule has 4 heteroatoms. The minimum atomic E-state index is -0.585. The van der Waals surface area contributed by atoms with Gasteiger partial charge in [0.1, 0.15) is 11.6 Å². The fraction of sp³-hybridized carbons (Fsp3) is 0.833. The molecule has 1 aliphatic rings. The molecule has 0 aliphatic heterocycles. The van der Waals surface area contributed by atoms with Crippen molar-refractivity contribution in [3.63, 3.8) is 0 Å². The zero-order valence-electron chi connectivity index (χ0n) is 15.2. The van der Waals surface area contributed by atoms with E-state index in [4.69, 9.17) is 0 Å². The van der Waals surface area contributed by atoms with Crippen molar-refractivity contribution in [3.8, 4) is 0 Å². The summed E-state index contributed by atoms with van der Waals surface area (Å²) < 4.78 is -0.585. The molecule has 1 saturated carbocycles. The minimum absolute atomic E-state index is 0.0384. The third-order valence-corrected chi connectivity index (χ3v) is 5.77. The van der Waals surface area contributed by atoms with Crippen LogP contribution < -0.4 is 0 Å². The Kier molecular flexibility index (Phi) is 5.38. The Bertz CT molecular complexity index is 478. The van der Waals surface area contributed by atoms with E-state index >= 15 is 0 Å². The first-order valence-corrected chi connectivity index (χ1v) is 8.92. The second-order valence-electron chi connectivity index (χ2n) is 8.94. The van der Waals surface area contributed by atoms with Crippen molar-refractivity contribution in [3.05, 3.63) is 0 Å². The van der Waals surface area contributed by atoms with E-state index in [0.717, 1.165) is 0 Å². The largest absolute Gasteiger partial charge is 0.299 e. The molecule has 1 fully saturated rings. The van der Waals surface area contributed by atoms with Crippen molar-refractivity contribution >= 4 is 29.1 Å². The lowest BCUT2D eigenvalue weighted by Gasteiger charge is -2.31. The van der Waals surface area contributed by atoms with Gasteiger partial charge in [-0.3, -0.25) is 14.4 Å². The second kappa shape index (κ2) is 6.10. The van der Waals surface area contributed by atoms with Gasteiger partial charge < -0.3 is 0 Å². The molecule has 22 heavy (non-hydrogen) atoms. The van der Waals surface area contributed by atoms with Crippen LogP contribution in [-0.2, 0) is 14.4 Å². The molecule has 0 amide bonds. The summed E-state index contributed by atoms with van der Waals surface area (Å²) in [7, 11) is 0. The summed E-state index contributed by atoms with van der Waals surface area (Å²) in [5.74, 6) is -0.0667. The van der Waals surface area contributed by atoms with Gasteiger partial charge in [-0.25, -0.2) is 0 Å². The van der Waals surface area contributed by atoms with E-state index in [2.05, 4.69) is 0 Å². The molecule has 0 N–H and O–H groups in total. The zero-order valence-corrected chi connectivity index (χ0v) is 16.0. The molecular formula is C18H30O3S. The van der Waals surface area contributed by atoms with E-state index in [1.165, 1.54) is 11.8 Å². The highest BCUT2D eigenvalue weighted by atomic mass is 32.2. The maximum atomic E-state index is 12.5. The molecule has 0 bridgehead atoms. The van der Waals surface area contributed by atoms with Crippen LogP contribution in [0.4, 0.5) is 0 Å². The van der Waals surface area contributed by atoms with Gasteiger partial charge >= 0.3 is 0 Å². The molecule has 0 aromatic heterocycles. The predicted octanol–water partition coefficient (Wildman–Crippen LogP) is 3.93. The lowest BCUT2D eigenvalue weighted by atomic mass is 9.79. The van der Waals surface area contributed by atoms with Crippen molar-refractivity contribution in [2.75, 3.05) is 5.75 Å². The van der Waals surface area contributed by atoms with Gasteiger partial charge in [-0.2, -0.15) is 0 Å². The molecule has 0 radical (unpaired) electrons. The number of ketones is 3. The Morgan fingerprint density at radius 2 is 1.55 bits per heavy atom. The monoisotopic (exact) mass is 326 g/mol. The summed E-state index contributed by atoms with van der Waals surface area (Å²) in [6, 6.07) is 0. The highest BCUT2D eigenvalue weighted by Gasteiger charge is 2.47. The Hall–Kier alpha value is -0.640. The van der Waals surface area contributed by atoms with Gasteiger partial charge in [0.2, 0.25) is 0 Å². The number of hydrogen-bond donors (Lipinski definition) is 0. The number of carbonyl (C=O) groups is 3. The topological polar surface area (TPSA) is 51.2 Å². The van der Waals surface area contributed by atoms with Crippen molar-refractivity contribution in [1.29, 1.82) is 0 Å². The normalized spacial score (nSPS) is 24.0. The summed E-state index contributed by atoms with van der Waals surface area (Å²) in [5, 5.41) is 0. The van der Waals surface area contributed by atoms with E-state index in [0.29, 0.717) is 12.2 Å². The maximum Gasteiger partial charge on any atom is 0.153 e. The first-order valence-electron chi connectivity index (χ1n) is 7.93. The van der Waals surface area contributed by atoms with Crippen molar-refractivity contribution in [1.82, 2.24) is 0 Å². The fourth-order valence-electron chi connectivity index (χ4n) is 3.01. The van der Waals surface area contributed by atoms with Crippen LogP contribution in [-0.4, -0.2) is 27.8 Å². The van der Waals surface area contributed by atoms with Crippen LogP contribution in [0, 0.1) is 22.7 Å². The van der Waals surface area contributed by atoms with Gasteiger partial charge in [0.15, 0.2) is 5.78 Å². The first kappa shape index (κ1) is 19.4. The highest BCUT2D eigenvalue weighted by molar-refractivity contribution is 8.01. The highest BCUT2D eigenvalue weighted by Crippen LogP contribution is 2.41. The van der Waals surface area contributed by atoms with E-state index < -0.39 is 16.1 Å². The van der Waals surface area contributed by atoms with E-state index in [1.807, 2.05) is 55.4 Å². The van der Waals surface area contributed by atoms with E-state index in [1.54, 1.807) is 0 Å². The Morgan fingerprint density at radius 1 is 1.05 bits per heavy atom. The molecule has 2 unspecified atom stereocenters. The molecular weight excluding hydrogens is 296 g/mol. The fourth-order valence-corrected chi connectivity index (χ4v) is 4.38. The lowest BCUT2D eigenvalue weighted by Crippen LogP contribution is -2.39. The molecule has 3 nitrogen and oxygen atoms in total. The quantitative estimate of drug-likeness (QED) is 0.734. The lowest BCUT2D eigenvalue weighted by molar-refractivity contribution is -0.129. The summed E-state index contributed by atoms with van der Waals surface area (Å²) in [4.78, 5) is 37.2. The van der Waals surface area contributed by atoms with Crippen LogP contribution in [0.25, 0.3) is 0 Å². The van der Waals surface area contributed by atoms with Gasteiger partial charge in [0.05, 0.1) is 10.7 Å². The Morgan fingerprint density at radius 3 is 1.91 bits per heavy atom. The standard InChI is InChI=1S/C18H30O3S/c1-16(2,3)12-9-13(19)11(14(12)20)10-22-18(7,8)15(21)17(4,5)6/h11-12H,9-10H2,1-8H3. The van der Waals surface area contributed by atoms with Crippen LogP contribution in [0.5, 0.6) is 0 Å². The van der Waals surface area contributed by atoms with Gasteiger partial charge in [-0.15, -0.1) is 11.8 Å². The first-order chi connectivity index (χ1) is 9.68. The zero-order chi connectivity index (χ0) is 17.5. The molecule has 126 valence electrons. The molecule has 1 rings (SSSR count). The van der Waals surface area contributed by atoms with Gasteiger partial charge in [-0.1, -0.05) is 41.5 Å². The van der Waals surface area contributed by atoms with Crippen molar-refractivity contribution in [2.45, 2.75) is 66.6 Å². The number of Topliss-reactive ketones (excluding diaryl/α,β-unsaturated/α-hetero) is 3. The van der Waals surface area contributed by atoms with Gasteiger partial charge in [0, 0.05) is 23.5 Å². The summed E-state index contributed by atoms with van der Waals surface area (Å²) in [6.07, 6.45) is 0.348. The third kappa shape index (κ3) is 4.21. The third-order valence-electron chi connectivity index (χ3n) is 4.37. The van der Waals surface area contributed by atoms with Gasteiger partial charge in [0.25, 0.3) is 0 Å². The number of rotatable bonds is 4. The SMILES string of the molecule is CC(C)(C)C(=O)C(C)(C)SCC1C(=O)CC(C(C)(C)C)C1=O. The summed E-state index contributed by atoms with van der Waals surface area (Å²) >= 11 is 1.44. The van der Waals surface area contributed by atoms with Crippen molar-refractivity contribution < 1.29 is 14.4 Å². The number of carbonyl (C=O) groups excluding carboxylic acids is 3. The average Bonchev–Trinajstić information content (AvgIpc) is 2.60. The molecule has 0 spiro atoms. The molecule has 1 aliphatic carbocycles. The second-order valence-corrected chi connectivity index (χ2v) is 10.6. The van der Waals surface area contributed by atoms with Crippen LogP contribution in [0.3, 0.4) is 0 Å². The van der Waals surface area contributed by atoms with Crippen LogP contribution >= 0.6 is 11.8 Å². The minimum Gasteiger partial charge on any atom is -0.299 e. The molecule has 0 aromatic rings. The van der Waals surface area contributed by atoms with Crippen LogP contribution in [0.1, 0.15) is 61.8 Å². The smallest absolute Gasteiger partial charge is 0.153 e. The average molecular weight is 327 g/mol. The van der Waals surface area contributed by atoms with Crippen molar-refractivity contribution in [2.24, 2.45) is 22.7 Å². The maximum absolute atomic E-state index is 12.5. The molecule has 0 aromatic carbocycles. The molecule has 2 atom stereocenters. The Balaban J connectivity index is 2.79. The Labute approximate surface area is 139 Å². The van der Waals surface area contributed by atoms with Crippen LogP contribution in [0.2, 0.25) is 0 Å². The van der Waals surface area contributed by atoms with Crippen LogP contribution in [0.15, 0.2) is 0 Å². The molecule has 0 heterocycles. The van der Waals surface area contributed by atoms with E-state index in [-0.39, 0.29) is 28.7 Å². The summed E-state index contributed by atoms with van der Waals surface area (Å²) in [5.41, 5.74) is -0.600. The number of thioether (sulfide) groups is 1. The summed E-state index contributed by atoms with van der Waals surface area (Å²) in [6.45, 7) is 15.5. The van der Waals surface area contributed by atoms with Gasteiger partial charge in [-0.05, 0) is 19.3 Å². The number of hydrogen-bond acceptors (Lipinski definition) is 4. The predicted molar refractivity (Wildman–Crippen MR) is 92.1 cm³/mol. The van der Waals surface area contributed by atoms with E-state index in [9.17, 15) is 14.4 Å². The molecule has 0 saturated heterocycles.